The summed E-state index contributed by atoms with van der Waals surface area (Å²) in [5.41, 5.74) is 0. The second-order valence-electron chi connectivity index (χ2n) is 3.89. The Morgan fingerprint density at radius 1 is 0.727 bits per heavy atom. The van der Waals surface area contributed by atoms with E-state index in [2.05, 4.69) is 0 Å². The van der Waals surface area contributed by atoms with Crippen molar-refractivity contribution in [3.05, 3.63) is 48.5 Å². The first-order chi connectivity index (χ1) is 10.0. The average molecular weight is 348 g/mol. The van der Waals surface area contributed by atoms with Crippen molar-refractivity contribution < 1.29 is 36.2 Å². The number of benzene rings is 2. The van der Waals surface area contributed by atoms with Crippen molar-refractivity contribution in [3.8, 4) is 11.5 Å². The molecule has 0 bridgehead atoms. The molecule has 0 spiro atoms. The predicted molar refractivity (Wildman–Crippen MR) is 75.8 cm³/mol. The van der Waals surface area contributed by atoms with Crippen LogP contribution >= 0.6 is 0 Å². The summed E-state index contributed by atoms with van der Waals surface area (Å²) in [4.78, 5) is -0.232. The van der Waals surface area contributed by atoms with Crippen LogP contribution in [0.3, 0.4) is 0 Å². The van der Waals surface area contributed by atoms with Gasteiger partial charge < -0.3 is 10.2 Å². The van der Waals surface area contributed by atoms with Crippen LogP contribution in [0.4, 0.5) is 0 Å². The van der Waals surface area contributed by atoms with Gasteiger partial charge in [-0.3, -0.25) is 9.11 Å². The molecule has 2 aromatic rings. The Hall–Kier alpha value is -2.14. The van der Waals surface area contributed by atoms with Crippen LogP contribution < -0.4 is 0 Å². The molecule has 22 heavy (non-hydrogen) atoms. The molecule has 0 aliphatic carbocycles. The lowest BCUT2D eigenvalue weighted by molar-refractivity contribution is 0.381. The molecule has 0 heterocycles. The topological polar surface area (TPSA) is 149 Å². The van der Waals surface area contributed by atoms with Crippen LogP contribution in [0.25, 0.3) is 0 Å². The van der Waals surface area contributed by atoms with Gasteiger partial charge in [0, 0.05) is 0 Å². The van der Waals surface area contributed by atoms with Crippen LogP contribution in [0.5, 0.6) is 11.5 Å². The minimum absolute atomic E-state index is 0.0703. The molecule has 0 fully saturated rings. The fraction of sp³-hybridized carbons (Fsp3) is 0. The van der Waals surface area contributed by atoms with Gasteiger partial charge in [0.2, 0.25) is 9.84 Å². The zero-order chi connectivity index (χ0) is 17.0. The first-order valence-electron chi connectivity index (χ1n) is 5.54. The maximum absolute atomic E-state index is 12.1. The first kappa shape index (κ1) is 17.9. The van der Waals surface area contributed by atoms with E-state index in [4.69, 9.17) is 17.5 Å². The maximum Gasteiger partial charge on any atom is 0.394 e. The standard InChI is InChI=1S/C12H10O4S.H2O4S/c13-10-7-4-8-11(12(10)14)17(15,16)9-5-2-1-3-6-9;1-5(2,3)4/h1-8,13-14H;(H2,1,2,3,4). The van der Waals surface area contributed by atoms with Gasteiger partial charge >= 0.3 is 10.4 Å². The molecule has 0 aliphatic heterocycles. The predicted octanol–water partition coefficient (Wildman–Crippen LogP) is 1.28. The zero-order valence-corrected chi connectivity index (χ0v) is 12.5. The Morgan fingerprint density at radius 2 is 1.23 bits per heavy atom. The number of para-hydroxylation sites is 1. The molecule has 0 aromatic heterocycles. The van der Waals surface area contributed by atoms with E-state index < -0.39 is 31.7 Å². The first-order valence-corrected chi connectivity index (χ1v) is 8.42. The van der Waals surface area contributed by atoms with Crippen LogP contribution in [0.1, 0.15) is 0 Å². The van der Waals surface area contributed by atoms with Gasteiger partial charge in [-0.15, -0.1) is 0 Å². The Kier molecular flexibility index (Phi) is 5.49. The normalized spacial score (nSPS) is 11.4. The highest BCUT2D eigenvalue weighted by atomic mass is 32.3. The van der Waals surface area contributed by atoms with Gasteiger partial charge in [-0.25, -0.2) is 8.42 Å². The molecular weight excluding hydrogens is 336 g/mol. The van der Waals surface area contributed by atoms with Gasteiger partial charge in [0.25, 0.3) is 0 Å². The van der Waals surface area contributed by atoms with E-state index >= 15 is 0 Å². The van der Waals surface area contributed by atoms with E-state index in [-0.39, 0.29) is 9.79 Å². The molecule has 4 N–H and O–H groups in total. The van der Waals surface area contributed by atoms with Crippen molar-refractivity contribution in [3.63, 3.8) is 0 Å². The van der Waals surface area contributed by atoms with Gasteiger partial charge in [0.15, 0.2) is 11.5 Å². The molecule has 0 saturated carbocycles. The lowest BCUT2D eigenvalue weighted by Gasteiger charge is -2.07. The third-order valence-corrected chi connectivity index (χ3v) is 4.12. The summed E-state index contributed by atoms with van der Waals surface area (Å²) in [7, 11) is -8.47. The number of rotatable bonds is 2. The van der Waals surface area contributed by atoms with Crippen LogP contribution in [-0.2, 0) is 20.2 Å². The highest BCUT2D eigenvalue weighted by molar-refractivity contribution is 7.91. The van der Waals surface area contributed by atoms with E-state index in [1.165, 1.54) is 30.3 Å². The van der Waals surface area contributed by atoms with E-state index in [0.29, 0.717) is 0 Å². The SMILES string of the molecule is O=S(=O)(O)O.O=S(=O)(c1ccccc1)c1cccc(O)c1O. The number of hydrogen-bond donors (Lipinski definition) is 4. The monoisotopic (exact) mass is 348 g/mol. The average Bonchev–Trinajstić information content (AvgIpc) is 2.41. The molecule has 2 rings (SSSR count). The Morgan fingerprint density at radius 3 is 1.73 bits per heavy atom. The van der Waals surface area contributed by atoms with Crippen molar-refractivity contribution in [2.45, 2.75) is 9.79 Å². The molecular formula is C12H12O8S2. The zero-order valence-electron chi connectivity index (χ0n) is 10.9. The van der Waals surface area contributed by atoms with Crippen molar-refractivity contribution in [1.29, 1.82) is 0 Å². The molecule has 0 unspecified atom stereocenters. The van der Waals surface area contributed by atoms with Crippen LogP contribution in [0.15, 0.2) is 58.3 Å². The van der Waals surface area contributed by atoms with Gasteiger partial charge in [-0.1, -0.05) is 24.3 Å². The van der Waals surface area contributed by atoms with E-state index in [1.54, 1.807) is 18.2 Å². The third kappa shape index (κ3) is 5.00. The Balaban J connectivity index is 0.000000422. The number of aromatic hydroxyl groups is 2. The summed E-state index contributed by atoms with van der Waals surface area (Å²) in [5, 5.41) is 18.9. The molecule has 0 radical (unpaired) electrons. The fourth-order valence-corrected chi connectivity index (χ4v) is 2.84. The summed E-state index contributed by atoms with van der Waals surface area (Å²) in [6, 6.07) is 11.6. The van der Waals surface area contributed by atoms with Gasteiger partial charge in [-0.05, 0) is 24.3 Å². The molecule has 0 atom stereocenters. The van der Waals surface area contributed by atoms with Gasteiger partial charge in [0.05, 0.1) is 4.90 Å². The lowest BCUT2D eigenvalue weighted by atomic mass is 10.3. The minimum atomic E-state index is -4.67. The number of hydrogen-bond acceptors (Lipinski definition) is 6. The summed E-state index contributed by atoms with van der Waals surface area (Å²) in [6.45, 7) is 0. The largest absolute Gasteiger partial charge is 0.504 e. The molecule has 2 aromatic carbocycles. The van der Waals surface area contributed by atoms with Gasteiger partial charge in [0.1, 0.15) is 4.90 Å². The van der Waals surface area contributed by atoms with E-state index in [0.717, 1.165) is 0 Å². The van der Waals surface area contributed by atoms with Crippen molar-refractivity contribution in [2.75, 3.05) is 0 Å². The van der Waals surface area contributed by atoms with Crippen LogP contribution in [0.2, 0.25) is 0 Å². The molecule has 0 amide bonds. The van der Waals surface area contributed by atoms with Crippen LogP contribution in [-0.4, -0.2) is 36.2 Å². The molecule has 0 saturated heterocycles. The maximum atomic E-state index is 12.1. The highest BCUT2D eigenvalue weighted by Crippen LogP contribution is 2.34. The smallest absolute Gasteiger partial charge is 0.394 e. The number of phenols is 2. The van der Waals surface area contributed by atoms with Crippen LogP contribution in [0, 0.1) is 0 Å². The fourth-order valence-electron chi connectivity index (χ4n) is 1.45. The molecule has 8 nitrogen and oxygen atoms in total. The summed E-state index contributed by atoms with van der Waals surface area (Å²) < 4.78 is 55.9. The van der Waals surface area contributed by atoms with Gasteiger partial charge in [-0.2, -0.15) is 8.42 Å². The van der Waals surface area contributed by atoms with E-state index in [1.807, 2.05) is 0 Å². The number of phenolic OH excluding ortho intramolecular Hbond substituents is 2. The Bertz CT molecular complexity index is 834. The minimum Gasteiger partial charge on any atom is -0.504 e. The second kappa shape index (κ2) is 6.75. The Labute approximate surface area is 126 Å². The van der Waals surface area contributed by atoms with Crippen molar-refractivity contribution in [2.24, 2.45) is 0 Å². The molecule has 120 valence electrons. The second-order valence-corrected chi connectivity index (χ2v) is 6.70. The van der Waals surface area contributed by atoms with E-state index in [9.17, 15) is 18.6 Å². The molecule has 0 aliphatic rings. The van der Waals surface area contributed by atoms with Crippen molar-refractivity contribution >= 4 is 20.2 Å². The summed E-state index contributed by atoms with van der Waals surface area (Å²) in [5.74, 6) is -1.08. The lowest BCUT2D eigenvalue weighted by Crippen LogP contribution is -2.01. The molecule has 10 heteroatoms. The van der Waals surface area contributed by atoms with Crippen molar-refractivity contribution in [1.82, 2.24) is 0 Å². The highest BCUT2D eigenvalue weighted by Gasteiger charge is 2.22. The quantitative estimate of drug-likeness (QED) is 0.468. The third-order valence-electron chi connectivity index (χ3n) is 2.32. The summed E-state index contributed by atoms with van der Waals surface area (Å²) >= 11 is 0. The summed E-state index contributed by atoms with van der Waals surface area (Å²) in [6.07, 6.45) is 0. The number of sulfone groups is 1.